The van der Waals surface area contributed by atoms with E-state index in [-0.39, 0.29) is 5.75 Å². The maximum atomic E-state index is 11.6. The van der Waals surface area contributed by atoms with Gasteiger partial charge in [-0.05, 0) is 30.7 Å². The third-order valence-electron chi connectivity index (χ3n) is 2.46. The van der Waals surface area contributed by atoms with Crippen LogP contribution in [0.4, 0.5) is 5.82 Å². The zero-order chi connectivity index (χ0) is 13.7. The Morgan fingerprint density at radius 2 is 2.00 bits per heavy atom. The van der Waals surface area contributed by atoms with Crippen LogP contribution in [0.15, 0.2) is 42.7 Å². The van der Waals surface area contributed by atoms with Gasteiger partial charge in [0.05, 0.1) is 11.4 Å². The Balaban J connectivity index is 2.16. The number of sulfonamides is 1. The van der Waals surface area contributed by atoms with Gasteiger partial charge < -0.3 is 0 Å². The highest BCUT2D eigenvalue weighted by Crippen LogP contribution is 2.17. The standard InChI is InChI=1S/C13H15N3O2S/c1-2-9-19(17,18)16-13-7-6-11(10-15-13)12-5-3-4-8-14-12/h3-8,10H,2,9H2,1H3,(H,15,16). The molecule has 1 N–H and O–H groups in total. The fourth-order valence-electron chi connectivity index (χ4n) is 1.62. The largest absolute Gasteiger partial charge is 0.267 e. The van der Waals surface area contributed by atoms with Crippen molar-refractivity contribution >= 4 is 15.8 Å². The van der Waals surface area contributed by atoms with Crippen LogP contribution in [0.25, 0.3) is 11.3 Å². The number of nitrogens with one attached hydrogen (secondary N) is 1. The molecule has 0 atom stereocenters. The predicted octanol–water partition coefficient (Wildman–Crippen LogP) is 2.30. The monoisotopic (exact) mass is 277 g/mol. The fraction of sp³-hybridized carbons (Fsp3) is 0.231. The highest BCUT2D eigenvalue weighted by Gasteiger charge is 2.09. The average Bonchev–Trinajstić information content (AvgIpc) is 2.40. The van der Waals surface area contributed by atoms with E-state index in [1.165, 1.54) is 0 Å². The minimum Gasteiger partial charge on any atom is -0.267 e. The van der Waals surface area contributed by atoms with Crippen molar-refractivity contribution in [1.29, 1.82) is 0 Å². The molecule has 0 unspecified atom stereocenters. The van der Waals surface area contributed by atoms with E-state index in [2.05, 4.69) is 14.7 Å². The summed E-state index contributed by atoms with van der Waals surface area (Å²) in [5, 5.41) is 0. The Morgan fingerprint density at radius 3 is 2.58 bits per heavy atom. The zero-order valence-corrected chi connectivity index (χ0v) is 11.4. The highest BCUT2D eigenvalue weighted by molar-refractivity contribution is 7.92. The van der Waals surface area contributed by atoms with Crippen molar-refractivity contribution in [2.24, 2.45) is 0 Å². The predicted molar refractivity (Wildman–Crippen MR) is 75.2 cm³/mol. The second-order valence-corrected chi connectivity index (χ2v) is 5.91. The molecule has 0 radical (unpaired) electrons. The lowest BCUT2D eigenvalue weighted by molar-refractivity contribution is 0.599. The summed E-state index contributed by atoms with van der Waals surface area (Å²) >= 11 is 0. The van der Waals surface area contributed by atoms with Crippen molar-refractivity contribution < 1.29 is 8.42 Å². The van der Waals surface area contributed by atoms with Gasteiger partial charge in [0.2, 0.25) is 10.0 Å². The highest BCUT2D eigenvalue weighted by atomic mass is 32.2. The molecule has 0 spiro atoms. The van der Waals surface area contributed by atoms with Crippen LogP contribution < -0.4 is 4.72 Å². The molecule has 6 heteroatoms. The Morgan fingerprint density at radius 1 is 1.16 bits per heavy atom. The van der Waals surface area contributed by atoms with Crippen LogP contribution >= 0.6 is 0 Å². The van der Waals surface area contributed by atoms with Crippen LogP contribution in [0.2, 0.25) is 0 Å². The fourth-order valence-corrected chi connectivity index (χ4v) is 2.70. The van der Waals surface area contributed by atoms with Gasteiger partial charge in [0.15, 0.2) is 0 Å². The van der Waals surface area contributed by atoms with E-state index in [9.17, 15) is 8.42 Å². The summed E-state index contributed by atoms with van der Waals surface area (Å²) in [6.45, 7) is 1.82. The number of aromatic nitrogens is 2. The molecule has 0 aliphatic heterocycles. The zero-order valence-electron chi connectivity index (χ0n) is 10.6. The Labute approximate surface area is 112 Å². The van der Waals surface area contributed by atoms with Crippen LogP contribution in [0.3, 0.4) is 0 Å². The summed E-state index contributed by atoms with van der Waals surface area (Å²) in [7, 11) is -3.29. The Kier molecular flexibility index (Phi) is 4.11. The lowest BCUT2D eigenvalue weighted by Crippen LogP contribution is -2.16. The molecule has 0 aromatic carbocycles. The molecule has 0 aliphatic rings. The van der Waals surface area contributed by atoms with E-state index < -0.39 is 10.0 Å². The summed E-state index contributed by atoms with van der Waals surface area (Å²) in [4.78, 5) is 8.30. The maximum Gasteiger partial charge on any atom is 0.233 e. The van der Waals surface area contributed by atoms with E-state index in [1.807, 2.05) is 25.1 Å². The van der Waals surface area contributed by atoms with Gasteiger partial charge in [0.25, 0.3) is 0 Å². The molecule has 0 bridgehead atoms. The minimum absolute atomic E-state index is 0.0939. The van der Waals surface area contributed by atoms with E-state index in [4.69, 9.17) is 0 Å². The molecule has 2 rings (SSSR count). The van der Waals surface area contributed by atoms with E-state index in [0.717, 1.165) is 11.3 Å². The van der Waals surface area contributed by atoms with Gasteiger partial charge in [-0.2, -0.15) is 0 Å². The van der Waals surface area contributed by atoms with Crippen molar-refractivity contribution in [3.63, 3.8) is 0 Å². The van der Waals surface area contributed by atoms with Crippen LogP contribution in [-0.4, -0.2) is 24.1 Å². The van der Waals surface area contributed by atoms with Gasteiger partial charge in [-0.1, -0.05) is 13.0 Å². The molecule has 5 nitrogen and oxygen atoms in total. The number of anilines is 1. The van der Waals surface area contributed by atoms with Gasteiger partial charge in [-0.15, -0.1) is 0 Å². The van der Waals surface area contributed by atoms with E-state index in [1.54, 1.807) is 24.5 Å². The normalized spacial score (nSPS) is 11.2. The SMILES string of the molecule is CCCS(=O)(=O)Nc1ccc(-c2ccccn2)cn1. The Bertz CT molecular complexity index is 625. The molecule has 2 aromatic heterocycles. The molecule has 2 heterocycles. The van der Waals surface area contributed by atoms with Gasteiger partial charge in [-0.3, -0.25) is 9.71 Å². The number of nitrogens with zero attached hydrogens (tertiary/aromatic N) is 2. The van der Waals surface area contributed by atoms with Crippen LogP contribution in [-0.2, 0) is 10.0 Å². The topological polar surface area (TPSA) is 72.0 Å². The second-order valence-electron chi connectivity index (χ2n) is 4.07. The van der Waals surface area contributed by atoms with Crippen LogP contribution in [0.1, 0.15) is 13.3 Å². The lowest BCUT2D eigenvalue weighted by Gasteiger charge is -2.06. The quantitative estimate of drug-likeness (QED) is 0.910. The number of rotatable bonds is 5. The van der Waals surface area contributed by atoms with Crippen molar-refractivity contribution in [2.45, 2.75) is 13.3 Å². The van der Waals surface area contributed by atoms with E-state index >= 15 is 0 Å². The summed E-state index contributed by atoms with van der Waals surface area (Å²) in [6.07, 6.45) is 3.88. The van der Waals surface area contributed by atoms with Gasteiger partial charge >= 0.3 is 0 Å². The molecule has 0 amide bonds. The molecule has 19 heavy (non-hydrogen) atoms. The molecule has 0 fully saturated rings. The molecular formula is C13H15N3O2S. The lowest BCUT2D eigenvalue weighted by atomic mass is 10.2. The molecule has 0 saturated carbocycles. The Hall–Kier alpha value is -1.95. The minimum atomic E-state index is -3.29. The molecule has 0 aliphatic carbocycles. The first-order valence-electron chi connectivity index (χ1n) is 5.98. The smallest absolute Gasteiger partial charge is 0.233 e. The summed E-state index contributed by atoms with van der Waals surface area (Å²) < 4.78 is 25.6. The van der Waals surface area contributed by atoms with Crippen LogP contribution in [0, 0.1) is 0 Å². The summed E-state index contributed by atoms with van der Waals surface area (Å²) in [5.41, 5.74) is 1.65. The van der Waals surface area contributed by atoms with Gasteiger partial charge in [0, 0.05) is 18.0 Å². The molecule has 100 valence electrons. The molecule has 0 saturated heterocycles. The van der Waals surface area contributed by atoms with Gasteiger partial charge in [-0.25, -0.2) is 13.4 Å². The van der Waals surface area contributed by atoms with Crippen LogP contribution in [0.5, 0.6) is 0 Å². The maximum absolute atomic E-state index is 11.6. The van der Waals surface area contributed by atoms with Crippen molar-refractivity contribution in [2.75, 3.05) is 10.5 Å². The summed E-state index contributed by atoms with van der Waals surface area (Å²) in [6, 6.07) is 9.03. The van der Waals surface area contributed by atoms with Crippen molar-refractivity contribution in [1.82, 2.24) is 9.97 Å². The average molecular weight is 277 g/mol. The first-order valence-corrected chi connectivity index (χ1v) is 7.64. The first kappa shape index (κ1) is 13.5. The van der Waals surface area contributed by atoms with Gasteiger partial charge in [0.1, 0.15) is 5.82 Å². The van der Waals surface area contributed by atoms with Crippen molar-refractivity contribution in [3.05, 3.63) is 42.7 Å². The molecule has 2 aromatic rings. The first-order chi connectivity index (χ1) is 9.11. The van der Waals surface area contributed by atoms with Crippen molar-refractivity contribution in [3.8, 4) is 11.3 Å². The third kappa shape index (κ3) is 3.75. The third-order valence-corrected chi connectivity index (χ3v) is 3.92. The number of hydrogen-bond donors (Lipinski definition) is 1. The number of hydrogen-bond acceptors (Lipinski definition) is 4. The summed E-state index contributed by atoms with van der Waals surface area (Å²) in [5.74, 6) is 0.421. The van der Waals surface area contributed by atoms with E-state index in [0.29, 0.717) is 12.2 Å². The molecular weight excluding hydrogens is 262 g/mol. The number of pyridine rings is 2. The second kappa shape index (κ2) is 5.79.